The van der Waals surface area contributed by atoms with Gasteiger partial charge in [-0.05, 0) is 6.42 Å². The van der Waals surface area contributed by atoms with Crippen LogP contribution in [-0.4, -0.2) is 21.1 Å². The average molecular weight is 188 g/mol. The highest BCUT2D eigenvalue weighted by Crippen LogP contribution is 2.15. The summed E-state index contributed by atoms with van der Waals surface area (Å²) < 4.78 is 30.4. The molecule has 0 spiro atoms. The molecule has 1 rings (SSSR count). The Labute approximate surface area is 71.5 Å². The number of hydrogen-bond donors (Lipinski definition) is 0. The van der Waals surface area contributed by atoms with Crippen LogP contribution in [-0.2, 0) is 18.8 Å². The van der Waals surface area contributed by atoms with Crippen molar-refractivity contribution in [1.29, 1.82) is 0 Å². The van der Waals surface area contributed by atoms with Crippen molar-refractivity contribution in [1.82, 2.24) is 0 Å². The minimum absolute atomic E-state index is 0.293. The van der Waals surface area contributed by atoms with E-state index in [4.69, 9.17) is 6.42 Å². The van der Waals surface area contributed by atoms with Crippen molar-refractivity contribution in [2.24, 2.45) is 0 Å². The van der Waals surface area contributed by atoms with Crippen LogP contribution in [0.4, 0.5) is 0 Å². The van der Waals surface area contributed by atoms with Gasteiger partial charge in [-0.3, -0.25) is 0 Å². The molecule has 1 aliphatic rings. The molecular formula is C7H8O4S. The molecule has 1 atom stereocenters. The topological polar surface area (TPSA) is 52.6 Å². The summed E-state index contributed by atoms with van der Waals surface area (Å²) in [7, 11) is -3.90. The Kier molecular flexibility index (Phi) is 2.87. The van der Waals surface area contributed by atoms with Gasteiger partial charge in [-0.25, -0.2) is 8.37 Å². The molecule has 0 heterocycles. The van der Waals surface area contributed by atoms with Crippen LogP contribution in [0, 0.1) is 12.3 Å². The molecule has 0 aliphatic heterocycles. The molecular weight excluding hydrogens is 180 g/mol. The first-order chi connectivity index (χ1) is 5.64. The van der Waals surface area contributed by atoms with Crippen molar-refractivity contribution < 1.29 is 16.8 Å². The van der Waals surface area contributed by atoms with Crippen molar-refractivity contribution in [3.63, 3.8) is 0 Å². The van der Waals surface area contributed by atoms with E-state index < -0.39 is 10.4 Å². The first kappa shape index (κ1) is 9.26. The van der Waals surface area contributed by atoms with E-state index in [2.05, 4.69) is 8.37 Å². The van der Waals surface area contributed by atoms with E-state index in [0.29, 0.717) is 6.42 Å². The second-order valence-corrected chi connectivity index (χ2v) is 3.42. The van der Waals surface area contributed by atoms with Gasteiger partial charge < -0.3 is 0 Å². The van der Waals surface area contributed by atoms with E-state index >= 15 is 0 Å². The predicted octanol–water partition coefficient (Wildman–Crippen LogP) is 0.226. The summed E-state index contributed by atoms with van der Waals surface area (Å²) in [6, 6.07) is 0. The molecule has 1 unspecified atom stereocenters. The minimum atomic E-state index is -3.90. The molecule has 0 aromatic heterocycles. The van der Waals surface area contributed by atoms with Gasteiger partial charge in [-0.15, -0.1) is 6.42 Å². The Morgan fingerprint density at radius 1 is 1.67 bits per heavy atom. The van der Waals surface area contributed by atoms with Gasteiger partial charge >= 0.3 is 10.4 Å². The van der Waals surface area contributed by atoms with E-state index in [1.807, 2.05) is 5.92 Å². The molecule has 66 valence electrons. The molecule has 0 aromatic carbocycles. The van der Waals surface area contributed by atoms with Gasteiger partial charge in [0.1, 0.15) is 12.7 Å². The first-order valence-corrected chi connectivity index (χ1v) is 4.65. The van der Waals surface area contributed by atoms with Gasteiger partial charge in [0.05, 0.1) is 0 Å². The fourth-order valence-corrected chi connectivity index (χ4v) is 1.32. The van der Waals surface area contributed by atoms with Gasteiger partial charge in [-0.2, -0.15) is 8.42 Å². The molecule has 0 aromatic rings. The van der Waals surface area contributed by atoms with E-state index in [0.717, 1.165) is 0 Å². The molecule has 1 aliphatic carbocycles. The van der Waals surface area contributed by atoms with E-state index in [1.54, 1.807) is 12.2 Å². The van der Waals surface area contributed by atoms with E-state index in [-0.39, 0.29) is 12.7 Å². The molecule has 5 heteroatoms. The second kappa shape index (κ2) is 3.72. The summed E-state index contributed by atoms with van der Waals surface area (Å²) in [6.45, 7) is -0.293. The monoisotopic (exact) mass is 188 g/mol. The Balaban J connectivity index is 2.38. The Morgan fingerprint density at radius 2 is 2.33 bits per heavy atom. The molecule has 4 nitrogen and oxygen atoms in total. The molecule has 0 bridgehead atoms. The highest BCUT2D eigenvalue weighted by Gasteiger charge is 2.20. The number of hydrogen-bond acceptors (Lipinski definition) is 4. The lowest BCUT2D eigenvalue weighted by Crippen LogP contribution is -2.21. The zero-order valence-electron chi connectivity index (χ0n) is 6.26. The van der Waals surface area contributed by atoms with Crippen LogP contribution in [0.1, 0.15) is 6.42 Å². The Morgan fingerprint density at radius 3 is 2.75 bits per heavy atom. The molecule has 0 saturated heterocycles. The van der Waals surface area contributed by atoms with Crippen molar-refractivity contribution >= 4 is 10.4 Å². The van der Waals surface area contributed by atoms with Gasteiger partial charge in [0, 0.05) is 0 Å². The zero-order chi connectivity index (χ0) is 9.03. The van der Waals surface area contributed by atoms with Crippen LogP contribution >= 0.6 is 0 Å². The smallest absolute Gasteiger partial charge is 0.240 e. The third kappa shape index (κ3) is 2.66. The van der Waals surface area contributed by atoms with Crippen molar-refractivity contribution in [2.75, 3.05) is 6.61 Å². The van der Waals surface area contributed by atoms with Crippen LogP contribution in [0.3, 0.4) is 0 Å². The van der Waals surface area contributed by atoms with Gasteiger partial charge in [-0.1, -0.05) is 18.1 Å². The molecule has 0 saturated carbocycles. The highest BCUT2D eigenvalue weighted by molar-refractivity contribution is 7.81. The maximum atomic E-state index is 10.8. The predicted molar refractivity (Wildman–Crippen MR) is 42.3 cm³/mol. The third-order valence-electron chi connectivity index (χ3n) is 1.25. The highest BCUT2D eigenvalue weighted by atomic mass is 32.3. The molecule has 0 fully saturated rings. The summed E-state index contributed by atoms with van der Waals surface area (Å²) in [6.07, 6.45) is 8.46. The summed E-state index contributed by atoms with van der Waals surface area (Å²) >= 11 is 0. The SMILES string of the molecule is C#CCOS(=O)(=O)OC1C=CC1. The lowest BCUT2D eigenvalue weighted by molar-refractivity contribution is 0.186. The van der Waals surface area contributed by atoms with Crippen LogP contribution in [0.25, 0.3) is 0 Å². The van der Waals surface area contributed by atoms with Crippen LogP contribution in [0.5, 0.6) is 0 Å². The molecule has 0 amide bonds. The van der Waals surface area contributed by atoms with Crippen molar-refractivity contribution in [3.05, 3.63) is 12.2 Å². The lowest BCUT2D eigenvalue weighted by Gasteiger charge is -2.16. The van der Waals surface area contributed by atoms with Gasteiger partial charge in [0.2, 0.25) is 0 Å². The maximum Gasteiger partial charge on any atom is 0.401 e. The van der Waals surface area contributed by atoms with Crippen LogP contribution < -0.4 is 0 Å². The minimum Gasteiger partial charge on any atom is -0.240 e. The van der Waals surface area contributed by atoms with Gasteiger partial charge in [0.15, 0.2) is 0 Å². The quantitative estimate of drug-likeness (QED) is 0.468. The van der Waals surface area contributed by atoms with E-state index in [9.17, 15) is 8.42 Å². The summed E-state index contributed by atoms with van der Waals surface area (Å²) in [5, 5.41) is 0. The fraction of sp³-hybridized carbons (Fsp3) is 0.429. The van der Waals surface area contributed by atoms with Crippen molar-refractivity contribution in [2.45, 2.75) is 12.5 Å². The van der Waals surface area contributed by atoms with E-state index in [1.165, 1.54) is 0 Å². The lowest BCUT2D eigenvalue weighted by atomic mass is 10.1. The number of terminal acetylenes is 1. The Hall–Kier alpha value is -0.830. The average Bonchev–Trinajstić information content (AvgIpc) is 1.94. The molecule has 12 heavy (non-hydrogen) atoms. The van der Waals surface area contributed by atoms with Crippen molar-refractivity contribution in [3.8, 4) is 12.3 Å². The number of rotatable bonds is 4. The Bertz CT molecular complexity index is 309. The largest absolute Gasteiger partial charge is 0.401 e. The maximum absolute atomic E-state index is 10.8. The van der Waals surface area contributed by atoms with Gasteiger partial charge in [0.25, 0.3) is 0 Å². The third-order valence-corrected chi connectivity index (χ3v) is 2.14. The zero-order valence-corrected chi connectivity index (χ0v) is 7.08. The van der Waals surface area contributed by atoms with Crippen LogP contribution in [0.15, 0.2) is 12.2 Å². The summed E-state index contributed by atoms with van der Waals surface area (Å²) in [4.78, 5) is 0. The molecule has 0 N–H and O–H groups in total. The summed E-state index contributed by atoms with van der Waals surface area (Å²) in [5.41, 5.74) is 0. The summed E-state index contributed by atoms with van der Waals surface area (Å²) in [5.74, 6) is 2.03. The second-order valence-electron chi connectivity index (χ2n) is 2.17. The normalized spacial score (nSPS) is 21.4. The fourth-order valence-electron chi connectivity index (χ4n) is 0.604. The molecule has 0 radical (unpaired) electrons. The first-order valence-electron chi connectivity index (χ1n) is 3.32. The van der Waals surface area contributed by atoms with Crippen LogP contribution in [0.2, 0.25) is 0 Å². The standard InChI is InChI=1S/C7H8O4S/c1-2-6-10-12(8,9)11-7-4-3-5-7/h1,3-4,7H,5-6H2.